The second-order valence-electron chi connectivity index (χ2n) is 7.80. The summed E-state index contributed by atoms with van der Waals surface area (Å²) in [6.45, 7) is 5.68. The maximum atomic E-state index is 5.98. The van der Waals surface area contributed by atoms with Gasteiger partial charge in [-0.3, -0.25) is 9.80 Å². The molecule has 4 rings (SSSR count). The SMILES string of the molecule is c1cc(C2CCC3CCCCN32)ccc1OCCN1CCCCC1. The minimum absolute atomic E-state index is 0.651. The zero-order chi connectivity index (χ0) is 16.2. The third-order valence-electron chi connectivity index (χ3n) is 6.24. The Hall–Kier alpha value is -1.06. The molecule has 2 atom stereocenters. The average molecular weight is 329 g/mol. The van der Waals surface area contributed by atoms with Crippen LogP contribution >= 0.6 is 0 Å². The molecule has 1 aromatic rings. The van der Waals surface area contributed by atoms with Crippen molar-refractivity contribution in [3.05, 3.63) is 29.8 Å². The van der Waals surface area contributed by atoms with E-state index in [4.69, 9.17) is 4.74 Å². The Balaban J connectivity index is 1.28. The van der Waals surface area contributed by atoms with Crippen LogP contribution in [0.15, 0.2) is 24.3 Å². The number of ether oxygens (including phenoxy) is 1. The zero-order valence-electron chi connectivity index (χ0n) is 15.0. The topological polar surface area (TPSA) is 15.7 Å². The standard InChI is InChI=1S/C21H32N2O/c1-3-13-22(14-4-1)16-17-24-20-10-7-18(8-11-20)21-12-9-19-6-2-5-15-23(19)21/h7-8,10-11,19,21H,1-6,9,12-17H2. The Labute approximate surface area is 147 Å². The minimum Gasteiger partial charge on any atom is -0.492 e. The van der Waals surface area contributed by atoms with Gasteiger partial charge in [-0.1, -0.05) is 25.0 Å². The van der Waals surface area contributed by atoms with Crippen molar-refractivity contribution < 1.29 is 4.74 Å². The summed E-state index contributed by atoms with van der Waals surface area (Å²) in [6, 6.07) is 10.5. The number of benzene rings is 1. The van der Waals surface area contributed by atoms with Crippen molar-refractivity contribution in [3.63, 3.8) is 0 Å². The van der Waals surface area contributed by atoms with Crippen molar-refractivity contribution in [2.75, 3.05) is 32.8 Å². The van der Waals surface area contributed by atoms with Crippen LogP contribution in [0, 0.1) is 0 Å². The molecule has 3 heteroatoms. The normalized spacial score (nSPS) is 28.7. The third-order valence-corrected chi connectivity index (χ3v) is 6.24. The van der Waals surface area contributed by atoms with Gasteiger partial charge in [0.25, 0.3) is 0 Å². The summed E-state index contributed by atoms with van der Waals surface area (Å²) in [4.78, 5) is 5.29. The number of hydrogen-bond acceptors (Lipinski definition) is 3. The number of piperidine rings is 2. The molecule has 24 heavy (non-hydrogen) atoms. The summed E-state index contributed by atoms with van der Waals surface area (Å²) in [6.07, 6.45) is 11.0. The zero-order valence-corrected chi connectivity index (χ0v) is 15.0. The number of rotatable bonds is 5. The summed E-state index contributed by atoms with van der Waals surface area (Å²) >= 11 is 0. The summed E-state index contributed by atoms with van der Waals surface area (Å²) in [7, 11) is 0. The van der Waals surface area contributed by atoms with Gasteiger partial charge in [0.05, 0.1) is 0 Å². The Morgan fingerprint density at radius 2 is 1.62 bits per heavy atom. The highest BCUT2D eigenvalue weighted by Gasteiger charge is 2.35. The van der Waals surface area contributed by atoms with Crippen LogP contribution in [0.1, 0.15) is 63.0 Å². The fourth-order valence-corrected chi connectivity index (χ4v) is 4.88. The Morgan fingerprint density at radius 1 is 0.833 bits per heavy atom. The fourth-order valence-electron chi connectivity index (χ4n) is 4.88. The van der Waals surface area contributed by atoms with Crippen molar-refractivity contribution >= 4 is 0 Å². The van der Waals surface area contributed by atoms with E-state index in [9.17, 15) is 0 Å². The summed E-state index contributed by atoms with van der Waals surface area (Å²) in [5, 5.41) is 0. The molecule has 132 valence electrons. The quantitative estimate of drug-likeness (QED) is 0.804. The Morgan fingerprint density at radius 3 is 2.46 bits per heavy atom. The van der Waals surface area contributed by atoms with Crippen LogP contribution in [0.2, 0.25) is 0 Å². The smallest absolute Gasteiger partial charge is 0.119 e. The van der Waals surface area contributed by atoms with E-state index < -0.39 is 0 Å². The van der Waals surface area contributed by atoms with Crippen LogP contribution in [0.3, 0.4) is 0 Å². The molecule has 2 unspecified atom stereocenters. The van der Waals surface area contributed by atoms with E-state index in [1.54, 1.807) is 0 Å². The molecule has 0 aliphatic carbocycles. The minimum atomic E-state index is 0.651. The maximum Gasteiger partial charge on any atom is 0.119 e. The molecule has 0 aromatic heterocycles. The second-order valence-corrected chi connectivity index (χ2v) is 7.80. The maximum absolute atomic E-state index is 5.98. The molecule has 0 amide bonds. The Bertz CT molecular complexity index is 509. The fraction of sp³-hybridized carbons (Fsp3) is 0.714. The van der Waals surface area contributed by atoms with Crippen molar-refractivity contribution in [3.8, 4) is 5.75 Å². The van der Waals surface area contributed by atoms with Crippen molar-refractivity contribution in [2.24, 2.45) is 0 Å². The van der Waals surface area contributed by atoms with Crippen LogP contribution in [0.5, 0.6) is 5.75 Å². The molecule has 1 aromatic carbocycles. The number of likely N-dealkylation sites (tertiary alicyclic amines) is 1. The monoisotopic (exact) mass is 328 g/mol. The molecule has 0 spiro atoms. The van der Waals surface area contributed by atoms with Crippen LogP contribution in [0.25, 0.3) is 0 Å². The molecular weight excluding hydrogens is 296 g/mol. The summed E-state index contributed by atoms with van der Waals surface area (Å²) in [5.41, 5.74) is 1.49. The van der Waals surface area contributed by atoms with Gasteiger partial charge in [0.15, 0.2) is 0 Å². The van der Waals surface area contributed by atoms with Crippen LogP contribution < -0.4 is 4.74 Å². The van der Waals surface area contributed by atoms with Gasteiger partial charge >= 0.3 is 0 Å². The number of nitrogens with zero attached hydrogens (tertiary/aromatic N) is 2. The van der Waals surface area contributed by atoms with E-state index >= 15 is 0 Å². The van der Waals surface area contributed by atoms with Gasteiger partial charge in [-0.25, -0.2) is 0 Å². The first kappa shape index (κ1) is 16.4. The lowest BCUT2D eigenvalue weighted by Gasteiger charge is -2.34. The molecular formula is C21H32N2O. The van der Waals surface area contributed by atoms with Gasteiger partial charge in [0, 0.05) is 18.6 Å². The highest BCUT2D eigenvalue weighted by atomic mass is 16.5. The highest BCUT2D eigenvalue weighted by Crippen LogP contribution is 2.40. The lowest BCUT2D eigenvalue weighted by molar-refractivity contribution is 0.150. The highest BCUT2D eigenvalue weighted by molar-refractivity contribution is 5.30. The van der Waals surface area contributed by atoms with E-state index in [2.05, 4.69) is 34.1 Å². The molecule has 3 heterocycles. The van der Waals surface area contributed by atoms with Gasteiger partial charge in [-0.2, -0.15) is 0 Å². The van der Waals surface area contributed by atoms with Gasteiger partial charge in [-0.05, 0) is 75.9 Å². The van der Waals surface area contributed by atoms with Crippen LogP contribution in [-0.2, 0) is 0 Å². The van der Waals surface area contributed by atoms with Gasteiger partial charge < -0.3 is 4.74 Å². The summed E-state index contributed by atoms with van der Waals surface area (Å²) < 4.78 is 5.98. The van der Waals surface area contributed by atoms with E-state index in [1.807, 2.05) is 0 Å². The molecule has 3 fully saturated rings. The first-order valence-corrected chi connectivity index (χ1v) is 10.1. The third kappa shape index (κ3) is 3.78. The van der Waals surface area contributed by atoms with Crippen molar-refractivity contribution in [2.45, 2.75) is 63.5 Å². The predicted octanol–water partition coefficient (Wildman–Crippen LogP) is 4.24. The molecule has 3 saturated heterocycles. The molecule has 0 bridgehead atoms. The predicted molar refractivity (Wildman–Crippen MR) is 98.5 cm³/mol. The molecule has 3 aliphatic rings. The van der Waals surface area contributed by atoms with Gasteiger partial charge in [0.2, 0.25) is 0 Å². The van der Waals surface area contributed by atoms with Crippen LogP contribution in [0.4, 0.5) is 0 Å². The number of hydrogen-bond donors (Lipinski definition) is 0. The van der Waals surface area contributed by atoms with Crippen molar-refractivity contribution in [1.82, 2.24) is 9.80 Å². The largest absolute Gasteiger partial charge is 0.492 e. The van der Waals surface area contributed by atoms with Crippen molar-refractivity contribution in [1.29, 1.82) is 0 Å². The first-order chi connectivity index (χ1) is 11.9. The summed E-state index contributed by atoms with van der Waals surface area (Å²) in [5.74, 6) is 1.03. The second kappa shape index (κ2) is 7.88. The number of fused-ring (bicyclic) bond motifs is 1. The van der Waals surface area contributed by atoms with E-state index in [1.165, 1.54) is 76.6 Å². The van der Waals surface area contributed by atoms with Gasteiger partial charge in [0.1, 0.15) is 12.4 Å². The first-order valence-electron chi connectivity index (χ1n) is 10.1. The van der Waals surface area contributed by atoms with Crippen LogP contribution in [-0.4, -0.2) is 48.6 Å². The average Bonchev–Trinajstić information content (AvgIpc) is 3.07. The molecule has 0 radical (unpaired) electrons. The van der Waals surface area contributed by atoms with Gasteiger partial charge in [-0.15, -0.1) is 0 Å². The Kier molecular flexibility index (Phi) is 5.39. The lowest BCUT2D eigenvalue weighted by Crippen LogP contribution is -2.35. The van der Waals surface area contributed by atoms with E-state index in [-0.39, 0.29) is 0 Å². The lowest BCUT2D eigenvalue weighted by atomic mass is 10.0. The molecule has 3 aliphatic heterocycles. The molecule has 0 saturated carbocycles. The molecule has 3 nitrogen and oxygen atoms in total. The van der Waals surface area contributed by atoms with E-state index in [0.717, 1.165) is 24.9 Å². The molecule has 0 N–H and O–H groups in total. The van der Waals surface area contributed by atoms with E-state index in [0.29, 0.717) is 6.04 Å².